The van der Waals surface area contributed by atoms with Gasteiger partial charge in [0, 0.05) is 10.6 Å². The lowest BCUT2D eigenvalue weighted by atomic mass is 10.1. The topological polar surface area (TPSA) is 25.2 Å². The minimum Gasteiger partial charge on any atom is -0.467 e. The van der Waals surface area contributed by atoms with Crippen molar-refractivity contribution in [2.24, 2.45) is 0 Å². The molecular formula is C14H17NOS. The lowest BCUT2D eigenvalue weighted by Crippen LogP contribution is -2.08. The molecule has 3 heteroatoms. The van der Waals surface area contributed by atoms with Gasteiger partial charge >= 0.3 is 0 Å². The molecule has 2 aromatic rings. The van der Waals surface area contributed by atoms with Crippen LogP contribution in [-0.4, -0.2) is 6.26 Å². The first-order chi connectivity index (χ1) is 8.33. The molecule has 1 aromatic heterocycles. The van der Waals surface area contributed by atoms with Gasteiger partial charge < -0.3 is 9.73 Å². The van der Waals surface area contributed by atoms with Gasteiger partial charge in [-0.3, -0.25) is 0 Å². The van der Waals surface area contributed by atoms with Crippen LogP contribution in [-0.2, 0) is 0 Å². The van der Waals surface area contributed by atoms with Crippen molar-refractivity contribution in [2.45, 2.75) is 24.3 Å². The van der Waals surface area contributed by atoms with Crippen LogP contribution in [0.15, 0.2) is 52.0 Å². The second-order valence-electron chi connectivity index (χ2n) is 3.85. The number of furan rings is 1. The van der Waals surface area contributed by atoms with E-state index in [1.807, 2.05) is 12.1 Å². The Morgan fingerprint density at radius 1 is 1.24 bits per heavy atom. The molecule has 1 N–H and O–H groups in total. The molecule has 0 aliphatic heterocycles. The summed E-state index contributed by atoms with van der Waals surface area (Å²) in [4.78, 5) is 1.28. The van der Waals surface area contributed by atoms with Crippen LogP contribution in [0.25, 0.3) is 0 Å². The summed E-state index contributed by atoms with van der Waals surface area (Å²) < 4.78 is 5.44. The zero-order chi connectivity index (χ0) is 12.1. The van der Waals surface area contributed by atoms with E-state index in [9.17, 15) is 0 Å². The molecule has 1 unspecified atom stereocenters. The largest absolute Gasteiger partial charge is 0.467 e. The fraction of sp³-hybridized carbons (Fsp3) is 0.286. The van der Waals surface area contributed by atoms with Gasteiger partial charge in [-0.1, -0.05) is 6.92 Å². The molecule has 2 nitrogen and oxygen atoms in total. The Hall–Kier alpha value is -1.35. The van der Waals surface area contributed by atoms with Gasteiger partial charge in [0.25, 0.3) is 0 Å². The van der Waals surface area contributed by atoms with E-state index in [4.69, 9.17) is 4.42 Å². The summed E-state index contributed by atoms with van der Waals surface area (Å²) in [6.07, 6.45) is 4.80. The molecule has 0 aliphatic rings. The van der Waals surface area contributed by atoms with Crippen molar-refractivity contribution in [1.82, 2.24) is 0 Å². The highest BCUT2D eigenvalue weighted by Crippen LogP contribution is 2.24. The Kier molecular flexibility index (Phi) is 4.15. The van der Waals surface area contributed by atoms with E-state index in [1.165, 1.54) is 4.90 Å². The maximum Gasteiger partial charge on any atom is 0.125 e. The van der Waals surface area contributed by atoms with Gasteiger partial charge in [-0.25, -0.2) is 0 Å². The number of hydrogen-bond donors (Lipinski definition) is 1. The minimum atomic E-state index is 0.241. The highest BCUT2D eigenvalue weighted by Gasteiger charge is 2.11. The third kappa shape index (κ3) is 3.07. The summed E-state index contributed by atoms with van der Waals surface area (Å²) >= 11 is 1.75. The molecule has 0 fully saturated rings. The van der Waals surface area contributed by atoms with E-state index < -0.39 is 0 Å². The standard InChI is InChI=1S/C14H17NOS/c1-3-13(14-5-4-10-16-14)15-11-6-8-12(17-2)9-7-11/h4-10,13,15H,3H2,1-2H3. The molecule has 0 aliphatic carbocycles. The van der Waals surface area contributed by atoms with Gasteiger partial charge in [0.1, 0.15) is 5.76 Å². The van der Waals surface area contributed by atoms with E-state index in [-0.39, 0.29) is 6.04 Å². The van der Waals surface area contributed by atoms with Crippen molar-refractivity contribution < 1.29 is 4.42 Å². The van der Waals surface area contributed by atoms with Crippen LogP contribution in [0.1, 0.15) is 25.1 Å². The van der Waals surface area contributed by atoms with E-state index in [2.05, 4.69) is 42.8 Å². The second-order valence-corrected chi connectivity index (χ2v) is 4.73. The van der Waals surface area contributed by atoms with Crippen molar-refractivity contribution >= 4 is 17.4 Å². The molecule has 1 atom stereocenters. The zero-order valence-corrected chi connectivity index (χ0v) is 11.0. The molecule has 0 saturated carbocycles. The fourth-order valence-corrected chi connectivity index (χ4v) is 2.16. The molecule has 0 saturated heterocycles. The van der Waals surface area contributed by atoms with E-state index in [0.29, 0.717) is 0 Å². The molecule has 0 bridgehead atoms. The molecule has 1 heterocycles. The van der Waals surface area contributed by atoms with Crippen LogP contribution < -0.4 is 5.32 Å². The summed E-state index contributed by atoms with van der Waals surface area (Å²) in [6, 6.07) is 12.7. The third-order valence-electron chi connectivity index (χ3n) is 2.73. The van der Waals surface area contributed by atoms with Crippen molar-refractivity contribution in [3.63, 3.8) is 0 Å². The number of thioether (sulfide) groups is 1. The maximum atomic E-state index is 5.44. The predicted molar refractivity (Wildman–Crippen MR) is 73.6 cm³/mol. The summed E-state index contributed by atoms with van der Waals surface area (Å²) in [7, 11) is 0. The van der Waals surface area contributed by atoms with Crippen molar-refractivity contribution in [2.75, 3.05) is 11.6 Å². The van der Waals surface area contributed by atoms with E-state index in [1.54, 1.807) is 18.0 Å². The third-order valence-corrected chi connectivity index (χ3v) is 3.47. The first kappa shape index (κ1) is 12.1. The van der Waals surface area contributed by atoms with Crippen LogP contribution in [0.2, 0.25) is 0 Å². The van der Waals surface area contributed by atoms with Gasteiger partial charge in [-0.05, 0) is 49.1 Å². The second kappa shape index (κ2) is 5.82. The number of benzene rings is 1. The molecule has 1 aromatic carbocycles. The Labute approximate surface area is 106 Å². The predicted octanol–water partition coefficient (Wildman–Crippen LogP) is 4.56. The van der Waals surface area contributed by atoms with E-state index in [0.717, 1.165) is 17.9 Å². The van der Waals surface area contributed by atoms with Gasteiger partial charge in [0.15, 0.2) is 0 Å². The molecule has 90 valence electrons. The quantitative estimate of drug-likeness (QED) is 0.784. The fourth-order valence-electron chi connectivity index (χ4n) is 1.75. The molecule has 0 radical (unpaired) electrons. The molecular weight excluding hydrogens is 230 g/mol. The van der Waals surface area contributed by atoms with Crippen LogP contribution in [0, 0.1) is 0 Å². The number of anilines is 1. The molecule has 2 rings (SSSR count). The highest BCUT2D eigenvalue weighted by molar-refractivity contribution is 7.98. The van der Waals surface area contributed by atoms with E-state index >= 15 is 0 Å². The van der Waals surface area contributed by atoms with Crippen LogP contribution in [0.5, 0.6) is 0 Å². The lowest BCUT2D eigenvalue weighted by molar-refractivity contribution is 0.474. The smallest absolute Gasteiger partial charge is 0.125 e. The van der Waals surface area contributed by atoms with Gasteiger partial charge in [-0.15, -0.1) is 11.8 Å². The van der Waals surface area contributed by atoms with Gasteiger partial charge in [0.2, 0.25) is 0 Å². The lowest BCUT2D eigenvalue weighted by Gasteiger charge is -2.16. The van der Waals surface area contributed by atoms with Gasteiger partial charge in [0.05, 0.1) is 12.3 Å². The van der Waals surface area contributed by atoms with Gasteiger partial charge in [-0.2, -0.15) is 0 Å². The SMILES string of the molecule is CCC(Nc1ccc(SC)cc1)c1ccco1. The van der Waals surface area contributed by atoms with Crippen molar-refractivity contribution in [3.05, 3.63) is 48.4 Å². The van der Waals surface area contributed by atoms with Crippen LogP contribution in [0.4, 0.5) is 5.69 Å². The molecule has 0 amide bonds. The normalized spacial score (nSPS) is 12.4. The average molecular weight is 247 g/mol. The minimum absolute atomic E-state index is 0.241. The molecule has 17 heavy (non-hydrogen) atoms. The Morgan fingerprint density at radius 3 is 2.53 bits per heavy atom. The number of nitrogens with one attached hydrogen (secondary N) is 1. The first-order valence-electron chi connectivity index (χ1n) is 5.77. The summed E-state index contributed by atoms with van der Waals surface area (Å²) in [5.74, 6) is 0.987. The van der Waals surface area contributed by atoms with Crippen molar-refractivity contribution in [3.8, 4) is 0 Å². The molecule has 0 spiro atoms. The van der Waals surface area contributed by atoms with Crippen LogP contribution in [0.3, 0.4) is 0 Å². The summed E-state index contributed by atoms with van der Waals surface area (Å²) in [6.45, 7) is 2.15. The number of hydrogen-bond acceptors (Lipinski definition) is 3. The average Bonchev–Trinajstić information content (AvgIpc) is 2.90. The Morgan fingerprint density at radius 2 is 2.00 bits per heavy atom. The van der Waals surface area contributed by atoms with Crippen molar-refractivity contribution in [1.29, 1.82) is 0 Å². The zero-order valence-electron chi connectivity index (χ0n) is 10.1. The van der Waals surface area contributed by atoms with Crippen LogP contribution >= 0.6 is 11.8 Å². The summed E-state index contributed by atoms with van der Waals surface area (Å²) in [5, 5.41) is 3.48. The Balaban J connectivity index is 2.07. The maximum absolute atomic E-state index is 5.44. The number of rotatable bonds is 5. The highest BCUT2D eigenvalue weighted by atomic mass is 32.2. The monoisotopic (exact) mass is 247 g/mol. The summed E-state index contributed by atoms with van der Waals surface area (Å²) in [5.41, 5.74) is 1.13. The Bertz CT molecular complexity index is 436. The first-order valence-corrected chi connectivity index (χ1v) is 7.00.